The van der Waals surface area contributed by atoms with E-state index >= 15 is 0 Å². The molecular formula is C12H20N4O. The van der Waals surface area contributed by atoms with Crippen LogP contribution in [0.3, 0.4) is 0 Å². The quantitative estimate of drug-likeness (QED) is 0.736. The third-order valence-corrected chi connectivity index (χ3v) is 3.08. The number of nitrogens with one attached hydrogen (secondary N) is 1. The number of methoxy groups -OCH3 is 1. The summed E-state index contributed by atoms with van der Waals surface area (Å²) in [6, 6.07) is 0.531. The average molecular weight is 236 g/mol. The lowest BCUT2D eigenvalue weighted by Gasteiger charge is -2.25. The van der Waals surface area contributed by atoms with E-state index in [1.807, 2.05) is 6.20 Å². The number of anilines is 1. The Morgan fingerprint density at radius 3 is 3.24 bits per heavy atom. The SMILES string of the molecule is COCCNCC1CCCN1c1cnccn1. The molecule has 1 aliphatic rings. The van der Waals surface area contributed by atoms with E-state index in [2.05, 4.69) is 20.2 Å². The fourth-order valence-corrected chi connectivity index (χ4v) is 2.23. The first kappa shape index (κ1) is 12.3. The van der Waals surface area contributed by atoms with Gasteiger partial charge in [0.1, 0.15) is 5.82 Å². The van der Waals surface area contributed by atoms with Crippen molar-refractivity contribution >= 4 is 5.82 Å². The molecule has 1 saturated heterocycles. The fourth-order valence-electron chi connectivity index (χ4n) is 2.23. The molecule has 1 unspecified atom stereocenters. The van der Waals surface area contributed by atoms with Crippen molar-refractivity contribution in [3.63, 3.8) is 0 Å². The summed E-state index contributed by atoms with van der Waals surface area (Å²) in [4.78, 5) is 10.8. The first-order valence-corrected chi connectivity index (χ1v) is 6.14. The van der Waals surface area contributed by atoms with E-state index in [9.17, 15) is 0 Å². The minimum absolute atomic E-state index is 0.531. The van der Waals surface area contributed by atoms with E-state index in [0.717, 1.165) is 32.1 Å². The van der Waals surface area contributed by atoms with E-state index < -0.39 is 0 Å². The molecule has 2 rings (SSSR count). The number of rotatable bonds is 6. The highest BCUT2D eigenvalue weighted by Crippen LogP contribution is 2.22. The van der Waals surface area contributed by atoms with Crippen molar-refractivity contribution in [3.8, 4) is 0 Å². The Kier molecular flexibility index (Phi) is 4.70. The first-order valence-electron chi connectivity index (χ1n) is 6.14. The van der Waals surface area contributed by atoms with E-state index in [0.29, 0.717) is 6.04 Å². The zero-order valence-corrected chi connectivity index (χ0v) is 10.3. The number of ether oxygens (including phenoxy) is 1. The highest BCUT2D eigenvalue weighted by molar-refractivity contribution is 5.38. The molecule has 1 aliphatic heterocycles. The molecular weight excluding hydrogens is 216 g/mol. The third-order valence-electron chi connectivity index (χ3n) is 3.08. The van der Waals surface area contributed by atoms with E-state index in [-0.39, 0.29) is 0 Å². The molecule has 0 aliphatic carbocycles. The fraction of sp³-hybridized carbons (Fsp3) is 0.667. The summed E-state index contributed by atoms with van der Waals surface area (Å²) in [5.41, 5.74) is 0. The highest BCUT2D eigenvalue weighted by Gasteiger charge is 2.24. The Morgan fingerprint density at radius 2 is 2.47 bits per heavy atom. The molecule has 1 aromatic heterocycles. The maximum Gasteiger partial charge on any atom is 0.147 e. The van der Waals surface area contributed by atoms with Gasteiger partial charge < -0.3 is 15.0 Å². The predicted octanol–water partition coefficient (Wildman–Crippen LogP) is 0.681. The molecule has 0 aromatic carbocycles. The number of hydrogen-bond donors (Lipinski definition) is 1. The molecule has 1 N–H and O–H groups in total. The molecule has 0 amide bonds. The lowest BCUT2D eigenvalue weighted by Crippen LogP contribution is -2.39. The summed E-state index contributed by atoms with van der Waals surface area (Å²) in [5.74, 6) is 0.989. The average Bonchev–Trinajstić information content (AvgIpc) is 2.84. The number of nitrogens with zero attached hydrogens (tertiary/aromatic N) is 3. The highest BCUT2D eigenvalue weighted by atomic mass is 16.5. The summed E-state index contributed by atoms with van der Waals surface area (Å²) >= 11 is 0. The van der Waals surface area contributed by atoms with Crippen molar-refractivity contribution in [2.45, 2.75) is 18.9 Å². The molecule has 0 radical (unpaired) electrons. The molecule has 0 spiro atoms. The molecule has 17 heavy (non-hydrogen) atoms. The van der Waals surface area contributed by atoms with Gasteiger partial charge in [0, 0.05) is 45.2 Å². The normalized spacial score (nSPS) is 19.8. The van der Waals surface area contributed by atoms with Gasteiger partial charge in [-0.3, -0.25) is 4.98 Å². The monoisotopic (exact) mass is 236 g/mol. The first-order chi connectivity index (χ1) is 8.42. The second-order valence-electron chi connectivity index (χ2n) is 4.25. The van der Waals surface area contributed by atoms with Gasteiger partial charge in [0.15, 0.2) is 0 Å². The van der Waals surface area contributed by atoms with Crippen LogP contribution in [0.25, 0.3) is 0 Å². The van der Waals surface area contributed by atoms with Crippen molar-refractivity contribution in [3.05, 3.63) is 18.6 Å². The smallest absolute Gasteiger partial charge is 0.147 e. The van der Waals surface area contributed by atoms with Gasteiger partial charge in [-0.15, -0.1) is 0 Å². The van der Waals surface area contributed by atoms with E-state index in [4.69, 9.17) is 4.74 Å². The van der Waals surface area contributed by atoms with Gasteiger partial charge in [-0.1, -0.05) is 0 Å². The lowest BCUT2D eigenvalue weighted by molar-refractivity contribution is 0.199. The van der Waals surface area contributed by atoms with Gasteiger partial charge >= 0.3 is 0 Å². The Labute approximate surface area is 102 Å². The van der Waals surface area contributed by atoms with Crippen LogP contribution in [0.15, 0.2) is 18.6 Å². The molecule has 94 valence electrons. The summed E-state index contributed by atoms with van der Waals surface area (Å²) < 4.78 is 5.02. The van der Waals surface area contributed by atoms with E-state index in [1.54, 1.807) is 19.5 Å². The molecule has 1 fully saturated rings. The Bertz CT molecular complexity index is 320. The van der Waals surface area contributed by atoms with Crippen LogP contribution in [0.4, 0.5) is 5.82 Å². The molecule has 1 aromatic rings. The van der Waals surface area contributed by atoms with Crippen LogP contribution in [0, 0.1) is 0 Å². The van der Waals surface area contributed by atoms with Gasteiger partial charge in [-0.05, 0) is 12.8 Å². The van der Waals surface area contributed by atoms with Gasteiger partial charge in [0.2, 0.25) is 0 Å². The zero-order chi connectivity index (χ0) is 11.9. The predicted molar refractivity (Wildman–Crippen MR) is 67.1 cm³/mol. The second-order valence-corrected chi connectivity index (χ2v) is 4.25. The lowest BCUT2D eigenvalue weighted by atomic mass is 10.2. The van der Waals surface area contributed by atoms with Crippen molar-refractivity contribution in [2.75, 3.05) is 38.3 Å². The van der Waals surface area contributed by atoms with Crippen molar-refractivity contribution in [1.82, 2.24) is 15.3 Å². The largest absolute Gasteiger partial charge is 0.383 e. The van der Waals surface area contributed by atoms with Crippen LogP contribution in [-0.2, 0) is 4.74 Å². The Morgan fingerprint density at radius 1 is 1.53 bits per heavy atom. The Balaban J connectivity index is 1.85. The summed E-state index contributed by atoms with van der Waals surface area (Å²) in [6.45, 7) is 3.73. The van der Waals surface area contributed by atoms with Crippen LogP contribution < -0.4 is 10.2 Å². The van der Waals surface area contributed by atoms with Crippen molar-refractivity contribution in [1.29, 1.82) is 0 Å². The zero-order valence-electron chi connectivity index (χ0n) is 10.3. The molecule has 0 bridgehead atoms. The molecule has 5 heteroatoms. The number of aromatic nitrogens is 2. The second kappa shape index (κ2) is 6.51. The van der Waals surface area contributed by atoms with E-state index in [1.165, 1.54) is 12.8 Å². The van der Waals surface area contributed by atoms with Gasteiger partial charge in [0.05, 0.1) is 12.8 Å². The molecule has 2 heterocycles. The maximum absolute atomic E-state index is 5.02. The van der Waals surface area contributed by atoms with Gasteiger partial charge in [-0.2, -0.15) is 0 Å². The van der Waals surface area contributed by atoms with Crippen LogP contribution in [0.2, 0.25) is 0 Å². The third kappa shape index (κ3) is 3.38. The van der Waals surface area contributed by atoms with Crippen LogP contribution in [-0.4, -0.2) is 49.4 Å². The topological polar surface area (TPSA) is 50.3 Å². The minimum Gasteiger partial charge on any atom is -0.383 e. The summed E-state index contributed by atoms with van der Waals surface area (Å²) in [6.07, 6.45) is 7.76. The standard InChI is InChI=1S/C12H20N4O/c1-17-8-6-14-9-11-3-2-7-16(11)12-10-13-4-5-15-12/h4-5,10-11,14H,2-3,6-9H2,1H3. The van der Waals surface area contributed by atoms with Crippen molar-refractivity contribution in [2.24, 2.45) is 0 Å². The van der Waals surface area contributed by atoms with Gasteiger partial charge in [0.25, 0.3) is 0 Å². The molecule has 0 saturated carbocycles. The van der Waals surface area contributed by atoms with Crippen LogP contribution >= 0.6 is 0 Å². The van der Waals surface area contributed by atoms with Crippen LogP contribution in [0.5, 0.6) is 0 Å². The maximum atomic E-state index is 5.02. The van der Waals surface area contributed by atoms with Gasteiger partial charge in [-0.25, -0.2) is 4.98 Å². The van der Waals surface area contributed by atoms with Crippen molar-refractivity contribution < 1.29 is 4.74 Å². The van der Waals surface area contributed by atoms with Crippen LogP contribution in [0.1, 0.15) is 12.8 Å². The summed E-state index contributed by atoms with van der Waals surface area (Å²) in [7, 11) is 1.73. The minimum atomic E-state index is 0.531. The molecule has 1 atom stereocenters. The number of hydrogen-bond acceptors (Lipinski definition) is 5. The summed E-state index contributed by atoms with van der Waals surface area (Å²) in [5, 5.41) is 3.41. The molecule has 5 nitrogen and oxygen atoms in total. The Hall–Kier alpha value is -1.20.